The summed E-state index contributed by atoms with van der Waals surface area (Å²) in [5, 5.41) is 3.94. The van der Waals surface area contributed by atoms with Crippen molar-refractivity contribution in [1.82, 2.24) is 10.3 Å². The molecule has 0 amide bonds. The molecule has 0 fully saturated rings. The molecule has 0 radical (unpaired) electrons. The topological polar surface area (TPSA) is 27.8 Å². The zero-order valence-electron chi connectivity index (χ0n) is 10.3. The number of fused-ring (bicyclic) bond motifs is 3. The maximum Gasteiger partial charge on any atom is 0.150 e. The molecule has 1 aromatic carbocycles. The summed E-state index contributed by atoms with van der Waals surface area (Å²) < 4.78 is 27.2. The molecule has 4 heteroatoms. The second kappa shape index (κ2) is 4.35. The van der Waals surface area contributed by atoms with Crippen molar-refractivity contribution in [1.29, 1.82) is 0 Å². The van der Waals surface area contributed by atoms with Crippen molar-refractivity contribution in [2.24, 2.45) is 0 Å². The zero-order chi connectivity index (χ0) is 12.7. The first-order valence-electron chi connectivity index (χ1n) is 6.37. The highest BCUT2D eigenvalue weighted by molar-refractivity contribution is 5.86. The van der Waals surface area contributed by atoms with Gasteiger partial charge in [-0.15, -0.1) is 0 Å². The Balaban J connectivity index is 2.29. The van der Waals surface area contributed by atoms with Crippen LogP contribution in [-0.4, -0.2) is 12.0 Å². The summed E-state index contributed by atoms with van der Waals surface area (Å²) in [6.45, 7) is 0. The normalized spacial score (nSPS) is 19.8. The van der Waals surface area contributed by atoms with E-state index in [0.717, 1.165) is 43.0 Å². The van der Waals surface area contributed by atoms with Gasteiger partial charge in [0, 0.05) is 23.2 Å². The molecule has 1 unspecified atom stereocenters. The Kier molecular flexibility index (Phi) is 2.82. The van der Waals surface area contributed by atoms with Crippen LogP contribution in [0.4, 0.5) is 8.78 Å². The van der Waals surface area contributed by atoms with Gasteiger partial charge in [-0.25, -0.2) is 8.78 Å². The molecule has 1 atom stereocenters. The van der Waals surface area contributed by atoms with Gasteiger partial charge in [0.25, 0.3) is 0 Å². The minimum Gasteiger partial charge on any atom is -0.356 e. The van der Waals surface area contributed by atoms with Crippen molar-refractivity contribution in [2.75, 3.05) is 7.05 Å². The molecule has 0 spiro atoms. The highest BCUT2D eigenvalue weighted by Gasteiger charge is 2.23. The molecule has 18 heavy (non-hydrogen) atoms. The first-order valence-corrected chi connectivity index (χ1v) is 6.37. The van der Waals surface area contributed by atoms with E-state index in [9.17, 15) is 8.78 Å². The zero-order valence-corrected chi connectivity index (χ0v) is 10.3. The first-order chi connectivity index (χ1) is 8.70. The average Bonchev–Trinajstić information content (AvgIpc) is 2.57. The number of halogens is 2. The SMILES string of the molecule is CNC1CCCCc2[nH]c3c(F)cc(F)cc3c21. The predicted molar refractivity (Wildman–Crippen MR) is 67.6 cm³/mol. The number of aromatic amines is 1. The average molecular weight is 250 g/mol. The number of nitrogens with one attached hydrogen (secondary N) is 2. The lowest BCUT2D eigenvalue weighted by Crippen LogP contribution is -2.16. The van der Waals surface area contributed by atoms with Gasteiger partial charge in [-0.1, -0.05) is 6.42 Å². The maximum absolute atomic E-state index is 13.8. The van der Waals surface area contributed by atoms with Gasteiger partial charge < -0.3 is 10.3 Å². The molecule has 0 saturated carbocycles. The van der Waals surface area contributed by atoms with Crippen LogP contribution in [0.1, 0.15) is 36.6 Å². The smallest absolute Gasteiger partial charge is 0.150 e. The van der Waals surface area contributed by atoms with Gasteiger partial charge in [0.2, 0.25) is 0 Å². The number of hydrogen-bond donors (Lipinski definition) is 2. The lowest BCUT2D eigenvalue weighted by atomic mass is 10.0. The van der Waals surface area contributed by atoms with E-state index in [1.54, 1.807) is 0 Å². The van der Waals surface area contributed by atoms with Gasteiger partial charge in [0.1, 0.15) is 11.6 Å². The number of H-pyrrole nitrogens is 1. The fourth-order valence-corrected chi connectivity index (χ4v) is 2.97. The monoisotopic (exact) mass is 250 g/mol. The standard InChI is InChI=1S/C14H16F2N2/c1-17-11-4-2-3-5-12-13(11)9-6-8(15)7-10(16)14(9)18-12/h6-7,11,17-18H,2-5H2,1H3. The molecule has 0 aliphatic heterocycles. The largest absolute Gasteiger partial charge is 0.356 e. The Morgan fingerprint density at radius 1 is 1.28 bits per heavy atom. The van der Waals surface area contributed by atoms with Gasteiger partial charge in [-0.3, -0.25) is 0 Å². The van der Waals surface area contributed by atoms with E-state index in [0.29, 0.717) is 10.9 Å². The van der Waals surface area contributed by atoms with Crippen molar-refractivity contribution < 1.29 is 8.78 Å². The maximum atomic E-state index is 13.8. The molecule has 2 aromatic rings. The highest BCUT2D eigenvalue weighted by atomic mass is 19.1. The summed E-state index contributed by atoms with van der Waals surface area (Å²) in [6.07, 6.45) is 4.13. The second-order valence-corrected chi connectivity index (χ2v) is 4.91. The summed E-state index contributed by atoms with van der Waals surface area (Å²) in [4.78, 5) is 3.13. The molecule has 1 aliphatic carbocycles. The minimum atomic E-state index is -0.513. The Bertz CT molecular complexity index is 589. The fourth-order valence-electron chi connectivity index (χ4n) is 2.97. The molecular formula is C14H16F2N2. The highest BCUT2D eigenvalue weighted by Crippen LogP contribution is 2.35. The number of hydrogen-bond acceptors (Lipinski definition) is 1. The molecule has 2 nitrogen and oxygen atoms in total. The third kappa shape index (κ3) is 1.72. The fraction of sp³-hybridized carbons (Fsp3) is 0.429. The van der Waals surface area contributed by atoms with E-state index in [4.69, 9.17) is 0 Å². The van der Waals surface area contributed by atoms with Crippen molar-refractivity contribution in [3.05, 3.63) is 35.0 Å². The lowest BCUT2D eigenvalue weighted by Gasteiger charge is -2.14. The predicted octanol–water partition coefficient (Wildman–Crippen LogP) is 3.43. The molecule has 0 saturated heterocycles. The Hall–Kier alpha value is -1.42. The molecule has 1 heterocycles. The van der Waals surface area contributed by atoms with Crippen molar-refractivity contribution in [3.63, 3.8) is 0 Å². The van der Waals surface area contributed by atoms with Crippen molar-refractivity contribution in [2.45, 2.75) is 31.7 Å². The van der Waals surface area contributed by atoms with E-state index >= 15 is 0 Å². The molecule has 3 rings (SSSR count). The Morgan fingerprint density at radius 3 is 2.89 bits per heavy atom. The van der Waals surface area contributed by atoms with E-state index in [1.165, 1.54) is 6.07 Å². The Labute approximate surface area is 104 Å². The Morgan fingerprint density at radius 2 is 2.11 bits per heavy atom. The van der Waals surface area contributed by atoms with Crippen molar-refractivity contribution in [3.8, 4) is 0 Å². The third-order valence-electron chi connectivity index (χ3n) is 3.81. The molecule has 1 aromatic heterocycles. The van der Waals surface area contributed by atoms with Crippen LogP contribution >= 0.6 is 0 Å². The molecule has 1 aliphatic rings. The van der Waals surface area contributed by atoms with Gasteiger partial charge >= 0.3 is 0 Å². The summed E-state index contributed by atoms with van der Waals surface area (Å²) >= 11 is 0. The van der Waals surface area contributed by atoms with Crippen LogP contribution in [0.5, 0.6) is 0 Å². The van der Waals surface area contributed by atoms with Gasteiger partial charge in [-0.05, 0) is 37.9 Å². The number of aromatic nitrogens is 1. The van der Waals surface area contributed by atoms with Gasteiger partial charge in [0.15, 0.2) is 0 Å². The van der Waals surface area contributed by atoms with Gasteiger partial charge in [0.05, 0.1) is 5.52 Å². The number of benzene rings is 1. The first kappa shape index (κ1) is 11.7. The summed E-state index contributed by atoms with van der Waals surface area (Å²) in [7, 11) is 1.90. The van der Waals surface area contributed by atoms with Crippen molar-refractivity contribution >= 4 is 10.9 Å². The van der Waals surface area contributed by atoms with E-state index in [2.05, 4.69) is 10.3 Å². The summed E-state index contributed by atoms with van der Waals surface area (Å²) in [5.74, 6) is -1.02. The quantitative estimate of drug-likeness (QED) is 0.746. The molecular weight excluding hydrogens is 234 g/mol. The molecule has 2 N–H and O–H groups in total. The van der Waals surface area contributed by atoms with Crippen LogP contribution in [0.25, 0.3) is 10.9 Å². The number of rotatable bonds is 1. The lowest BCUT2D eigenvalue weighted by molar-refractivity contribution is 0.535. The van der Waals surface area contributed by atoms with E-state index in [-0.39, 0.29) is 6.04 Å². The third-order valence-corrected chi connectivity index (χ3v) is 3.81. The summed E-state index contributed by atoms with van der Waals surface area (Å²) in [5.41, 5.74) is 2.53. The van der Waals surface area contributed by atoms with Crippen LogP contribution in [0.15, 0.2) is 12.1 Å². The van der Waals surface area contributed by atoms with Crippen LogP contribution in [-0.2, 0) is 6.42 Å². The van der Waals surface area contributed by atoms with Gasteiger partial charge in [-0.2, -0.15) is 0 Å². The molecule has 96 valence electrons. The molecule has 0 bridgehead atoms. The van der Waals surface area contributed by atoms with E-state index < -0.39 is 11.6 Å². The van der Waals surface area contributed by atoms with E-state index in [1.807, 2.05) is 7.05 Å². The minimum absolute atomic E-state index is 0.178. The van der Waals surface area contributed by atoms with Crippen LogP contribution in [0.2, 0.25) is 0 Å². The summed E-state index contributed by atoms with van der Waals surface area (Å²) in [6, 6.07) is 2.55. The van der Waals surface area contributed by atoms with Crippen LogP contribution < -0.4 is 5.32 Å². The second-order valence-electron chi connectivity index (χ2n) is 4.91. The van der Waals surface area contributed by atoms with Crippen LogP contribution in [0, 0.1) is 11.6 Å². The number of aryl methyl sites for hydroxylation is 1. The van der Waals surface area contributed by atoms with Crippen LogP contribution in [0.3, 0.4) is 0 Å².